The maximum absolute atomic E-state index is 12.8. The van der Waals surface area contributed by atoms with E-state index < -0.39 is 23.1 Å². The van der Waals surface area contributed by atoms with Crippen LogP contribution in [0.5, 0.6) is 0 Å². The average molecular weight is 432 g/mol. The van der Waals surface area contributed by atoms with E-state index in [-0.39, 0.29) is 23.7 Å². The predicted octanol–water partition coefficient (Wildman–Crippen LogP) is 1.75. The van der Waals surface area contributed by atoms with E-state index in [9.17, 15) is 19.2 Å². The first-order chi connectivity index (χ1) is 14.4. The monoisotopic (exact) mass is 431 g/mol. The molecule has 3 heterocycles. The second kappa shape index (κ2) is 8.17. The molecule has 4 rings (SSSR count). The van der Waals surface area contributed by atoms with E-state index in [0.717, 1.165) is 48.8 Å². The molecule has 2 aliphatic rings. The van der Waals surface area contributed by atoms with Gasteiger partial charge in [-0.3, -0.25) is 23.5 Å². The summed E-state index contributed by atoms with van der Waals surface area (Å²) in [5.74, 6) is -1.51. The van der Waals surface area contributed by atoms with Crippen LogP contribution in [-0.4, -0.2) is 25.9 Å². The topological polar surface area (TPSA) is 115 Å². The van der Waals surface area contributed by atoms with Gasteiger partial charge in [-0.1, -0.05) is 13.3 Å². The first kappa shape index (κ1) is 20.5. The maximum atomic E-state index is 12.8. The van der Waals surface area contributed by atoms with Crippen molar-refractivity contribution in [1.29, 1.82) is 0 Å². The van der Waals surface area contributed by atoms with Crippen molar-refractivity contribution in [2.45, 2.75) is 64.3 Å². The molecule has 0 fully saturated rings. The lowest BCUT2D eigenvalue weighted by Crippen LogP contribution is -2.40. The van der Waals surface area contributed by atoms with Crippen molar-refractivity contribution in [3.63, 3.8) is 0 Å². The van der Waals surface area contributed by atoms with Crippen molar-refractivity contribution in [3.05, 3.63) is 37.0 Å². The Labute approximate surface area is 177 Å². The summed E-state index contributed by atoms with van der Waals surface area (Å²) < 4.78 is 2.43. The smallest absolute Gasteiger partial charge is 0.311 e. The Hall–Kier alpha value is -2.75. The number of hydrogen-bond acceptors (Lipinski definition) is 6. The highest BCUT2D eigenvalue weighted by atomic mass is 32.1. The minimum absolute atomic E-state index is 0.176. The largest absolute Gasteiger partial charge is 0.332 e. The summed E-state index contributed by atoms with van der Waals surface area (Å²) in [5.41, 5.74) is 0.223. The van der Waals surface area contributed by atoms with Gasteiger partial charge in [-0.15, -0.1) is 11.3 Å². The fourth-order valence-corrected chi connectivity index (χ4v) is 5.12. The van der Waals surface area contributed by atoms with E-state index in [1.165, 1.54) is 27.8 Å². The van der Waals surface area contributed by atoms with E-state index in [1.54, 1.807) is 0 Å². The zero-order chi connectivity index (χ0) is 21.4. The van der Waals surface area contributed by atoms with Crippen molar-refractivity contribution in [2.75, 3.05) is 10.6 Å². The lowest BCUT2D eigenvalue weighted by atomic mass is 9.99. The van der Waals surface area contributed by atoms with Gasteiger partial charge in [0.15, 0.2) is 5.13 Å². The number of aromatic nitrogens is 3. The summed E-state index contributed by atoms with van der Waals surface area (Å²) in [4.78, 5) is 56.2. The van der Waals surface area contributed by atoms with Crippen LogP contribution < -0.4 is 21.9 Å². The van der Waals surface area contributed by atoms with Crippen molar-refractivity contribution < 1.29 is 9.59 Å². The molecule has 1 aliphatic carbocycles. The van der Waals surface area contributed by atoms with Crippen LogP contribution in [0.1, 0.15) is 61.1 Å². The Morgan fingerprint density at radius 3 is 2.77 bits per heavy atom. The molecular formula is C20H25N5O4S. The maximum Gasteiger partial charge on any atom is 0.332 e. The summed E-state index contributed by atoms with van der Waals surface area (Å²) in [7, 11) is 1.40. The molecule has 0 saturated heterocycles. The van der Waals surface area contributed by atoms with Crippen LogP contribution in [-0.2, 0) is 36.0 Å². The number of rotatable bonds is 6. The number of nitrogens with zero attached hydrogens (tertiary/aromatic N) is 3. The van der Waals surface area contributed by atoms with Gasteiger partial charge in [-0.2, -0.15) is 0 Å². The lowest BCUT2D eigenvalue weighted by Gasteiger charge is -2.13. The first-order valence-corrected chi connectivity index (χ1v) is 11.1. The third-order valence-corrected chi connectivity index (χ3v) is 6.77. The van der Waals surface area contributed by atoms with Crippen molar-refractivity contribution >= 4 is 34.1 Å². The van der Waals surface area contributed by atoms with Crippen LogP contribution in [0.3, 0.4) is 0 Å². The van der Waals surface area contributed by atoms with Crippen LogP contribution in [0.4, 0.5) is 10.9 Å². The van der Waals surface area contributed by atoms with E-state index in [0.29, 0.717) is 11.7 Å². The van der Waals surface area contributed by atoms with Crippen LogP contribution in [0.25, 0.3) is 0 Å². The number of unbranched alkanes of at least 4 members (excludes halogenated alkanes) is 1. The van der Waals surface area contributed by atoms with Crippen molar-refractivity contribution in [2.24, 2.45) is 7.05 Å². The number of anilines is 2. The Morgan fingerprint density at radius 2 is 2.03 bits per heavy atom. The van der Waals surface area contributed by atoms with Crippen LogP contribution >= 0.6 is 11.3 Å². The number of hydrogen-bond donors (Lipinski definition) is 2. The molecule has 10 heteroatoms. The number of amides is 2. The second-order valence-electron chi connectivity index (χ2n) is 7.80. The lowest BCUT2D eigenvalue weighted by molar-refractivity contribution is -0.122. The normalized spacial score (nSPS) is 17.4. The molecule has 0 radical (unpaired) electrons. The molecule has 9 nitrogen and oxygen atoms in total. The van der Waals surface area contributed by atoms with Gasteiger partial charge < -0.3 is 10.6 Å². The van der Waals surface area contributed by atoms with E-state index >= 15 is 0 Å². The Kier molecular flexibility index (Phi) is 5.59. The number of carbonyl (C=O) groups excluding carboxylic acids is 2. The van der Waals surface area contributed by atoms with Gasteiger partial charge in [-0.05, 0) is 32.1 Å². The van der Waals surface area contributed by atoms with E-state index in [4.69, 9.17) is 0 Å². The zero-order valence-electron chi connectivity index (χ0n) is 17.1. The van der Waals surface area contributed by atoms with Crippen molar-refractivity contribution in [1.82, 2.24) is 14.1 Å². The zero-order valence-corrected chi connectivity index (χ0v) is 17.9. The van der Waals surface area contributed by atoms with Gasteiger partial charge in [-0.25, -0.2) is 9.78 Å². The molecule has 2 N–H and O–H groups in total. The summed E-state index contributed by atoms with van der Waals surface area (Å²) >= 11 is 1.47. The first-order valence-electron chi connectivity index (χ1n) is 10.3. The van der Waals surface area contributed by atoms with Crippen LogP contribution in [0, 0.1) is 0 Å². The summed E-state index contributed by atoms with van der Waals surface area (Å²) in [6.45, 7) is 2.39. The minimum Gasteiger partial charge on any atom is -0.311 e. The highest BCUT2D eigenvalue weighted by molar-refractivity contribution is 7.15. The molecule has 0 spiro atoms. The summed E-state index contributed by atoms with van der Waals surface area (Å²) in [6, 6.07) is 0. The molecule has 0 bridgehead atoms. The molecule has 0 unspecified atom stereocenters. The Balaban J connectivity index is 1.59. The van der Waals surface area contributed by atoms with Crippen LogP contribution in [0.2, 0.25) is 0 Å². The van der Waals surface area contributed by atoms with Gasteiger partial charge in [0.2, 0.25) is 11.8 Å². The number of aryl methyl sites for hydroxylation is 2. The second-order valence-corrected chi connectivity index (χ2v) is 8.89. The van der Waals surface area contributed by atoms with Gasteiger partial charge in [0.25, 0.3) is 5.56 Å². The number of nitrogens with one attached hydrogen (secondary N) is 2. The Morgan fingerprint density at radius 1 is 1.27 bits per heavy atom. The third kappa shape index (κ3) is 3.60. The SMILES string of the molecule is CCCCn1c2c(c(=O)n(C)c1=O)[C@@H](CC(=O)Nc1nc3c(s1)CCCC3)C(=O)N2. The van der Waals surface area contributed by atoms with Gasteiger partial charge in [0, 0.05) is 24.9 Å². The molecular weight excluding hydrogens is 406 g/mol. The number of carbonyl (C=O) groups is 2. The molecule has 160 valence electrons. The standard InChI is InChI=1S/C20H25N5O4S/c1-3-4-9-25-16-15(18(28)24(2)20(25)29)11(17(27)23-16)10-14(26)22-19-21-12-7-5-6-8-13(12)30-19/h11H,3-10H2,1-2H3,(H,23,27)(H,21,22,26)/t11-/m1/s1. The van der Waals surface area contributed by atoms with E-state index in [1.807, 2.05) is 6.92 Å². The highest BCUT2D eigenvalue weighted by Crippen LogP contribution is 2.33. The molecule has 0 saturated carbocycles. The molecule has 2 amide bonds. The van der Waals surface area contributed by atoms with Crippen LogP contribution in [0.15, 0.2) is 9.59 Å². The summed E-state index contributed by atoms with van der Waals surface area (Å²) in [6.07, 6.45) is 5.56. The minimum atomic E-state index is -0.929. The van der Waals surface area contributed by atoms with Gasteiger partial charge >= 0.3 is 5.69 Å². The molecule has 30 heavy (non-hydrogen) atoms. The number of thiazole rings is 1. The molecule has 0 aromatic carbocycles. The van der Waals surface area contributed by atoms with Gasteiger partial charge in [0.05, 0.1) is 17.2 Å². The highest BCUT2D eigenvalue weighted by Gasteiger charge is 2.38. The van der Waals surface area contributed by atoms with Gasteiger partial charge in [0.1, 0.15) is 5.82 Å². The molecule has 2 aromatic heterocycles. The Bertz CT molecular complexity index is 1110. The average Bonchev–Trinajstić information content (AvgIpc) is 3.26. The fourth-order valence-electron chi connectivity index (χ4n) is 4.05. The van der Waals surface area contributed by atoms with E-state index in [2.05, 4.69) is 15.6 Å². The molecule has 1 aliphatic heterocycles. The predicted molar refractivity (Wildman–Crippen MR) is 114 cm³/mol. The summed E-state index contributed by atoms with van der Waals surface area (Å²) in [5, 5.41) is 5.98. The quantitative estimate of drug-likeness (QED) is 0.723. The van der Waals surface area contributed by atoms with Crippen molar-refractivity contribution in [3.8, 4) is 0 Å². The fraction of sp³-hybridized carbons (Fsp3) is 0.550. The molecule has 2 aromatic rings. The molecule has 1 atom stereocenters. The third-order valence-electron chi connectivity index (χ3n) is 5.70. The number of fused-ring (bicyclic) bond motifs is 2.